The number of morpholine rings is 1. The maximum atomic E-state index is 5.38. The highest BCUT2D eigenvalue weighted by Crippen LogP contribution is 2.28. The largest absolute Gasteiger partial charge is 0.379 e. The summed E-state index contributed by atoms with van der Waals surface area (Å²) in [5.74, 6) is 0.675. The highest BCUT2D eigenvalue weighted by Gasteiger charge is 2.35. The average molecular weight is 312 g/mol. The lowest BCUT2D eigenvalue weighted by molar-refractivity contribution is 0.0372. The van der Waals surface area contributed by atoms with Crippen LogP contribution in [0.2, 0.25) is 0 Å². The predicted octanol–water partition coefficient (Wildman–Crippen LogP) is 0.661. The average Bonchev–Trinajstić information content (AvgIpc) is 2.52. The molecule has 0 amide bonds. The van der Waals surface area contributed by atoms with E-state index in [0.29, 0.717) is 18.1 Å². The zero-order valence-electron chi connectivity index (χ0n) is 12.8. The third-order valence-corrected chi connectivity index (χ3v) is 5.21. The Kier molecular flexibility index (Phi) is 5.68. The molecule has 1 saturated carbocycles. The van der Waals surface area contributed by atoms with E-state index in [1.165, 1.54) is 38.6 Å². The molecule has 0 radical (unpaired) electrons. The molecule has 5 nitrogen and oxygen atoms in total. The topological polar surface area (TPSA) is 48.6 Å². The van der Waals surface area contributed by atoms with Gasteiger partial charge in [-0.3, -0.25) is 10.2 Å². The Morgan fingerprint density at radius 3 is 2.86 bits per heavy atom. The Bertz CT molecular complexity index is 349. The lowest BCUT2D eigenvalue weighted by atomic mass is 9.81. The van der Waals surface area contributed by atoms with E-state index in [1.807, 2.05) is 0 Å². The molecule has 3 unspecified atom stereocenters. The number of hydrogen-bond donors (Lipinski definition) is 3. The molecule has 0 aromatic heterocycles. The van der Waals surface area contributed by atoms with Crippen LogP contribution in [0.15, 0.2) is 0 Å². The van der Waals surface area contributed by atoms with E-state index in [4.69, 9.17) is 17.0 Å². The molecule has 1 aliphatic carbocycles. The fourth-order valence-electron chi connectivity index (χ4n) is 3.78. The summed E-state index contributed by atoms with van der Waals surface area (Å²) < 4.78 is 5.38. The summed E-state index contributed by atoms with van der Waals surface area (Å²) in [5, 5.41) is 11.4. The molecule has 120 valence electrons. The Balaban J connectivity index is 1.39. The van der Waals surface area contributed by atoms with Crippen LogP contribution in [0.5, 0.6) is 0 Å². The van der Waals surface area contributed by atoms with Crippen molar-refractivity contribution in [3.63, 3.8) is 0 Å². The third kappa shape index (κ3) is 4.28. The first-order chi connectivity index (χ1) is 10.3. The van der Waals surface area contributed by atoms with Crippen molar-refractivity contribution < 1.29 is 4.74 Å². The molecule has 0 bridgehead atoms. The fourth-order valence-corrected chi connectivity index (χ4v) is 4.06. The molecule has 3 fully saturated rings. The van der Waals surface area contributed by atoms with Crippen LogP contribution in [0.3, 0.4) is 0 Å². The number of fused-ring (bicyclic) bond motifs is 1. The van der Waals surface area contributed by atoms with Crippen LogP contribution in [-0.4, -0.2) is 61.6 Å². The molecule has 3 rings (SSSR count). The van der Waals surface area contributed by atoms with Crippen molar-refractivity contribution in [2.45, 2.75) is 44.3 Å². The van der Waals surface area contributed by atoms with Gasteiger partial charge in [0, 0.05) is 25.0 Å². The van der Waals surface area contributed by atoms with Crippen molar-refractivity contribution in [2.24, 2.45) is 5.92 Å². The van der Waals surface area contributed by atoms with Gasteiger partial charge in [0.05, 0.1) is 19.4 Å². The second kappa shape index (κ2) is 7.72. The molecule has 2 saturated heterocycles. The zero-order chi connectivity index (χ0) is 14.5. The minimum atomic E-state index is 0.355. The van der Waals surface area contributed by atoms with E-state index in [9.17, 15) is 0 Å². The number of nitrogens with one attached hydrogen (secondary N) is 3. The molecule has 0 spiro atoms. The molecule has 3 N–H and O–H groups in total. The summed E-state index contributed by atoms with van der Waals surface area (Å²) in [6, 6.07) is 0.573. The standard InChI is InChI=1S/C15H28N4OS/c21-15-17-13-5-2-1-4-12(13)14(18-15)16-6-3-7-19-8-10-20-11-9-19/h12-14,16H,1-11H2,(H2,17,18,21). The first-order valence-corrected chi connectivity index (χ1v) is 8.84. The smallest absolute Gasteiger partial charge is 0.167 e. The first kappa shape index (κ1) is 15.5. The van der Waals surface area contributed by atoms with Gasteiger partial charge in [-0.25, -0.2) is 0 Å². The Morgan fingerprint density at radius 1 is 1.19 bits per heavy atom. The lowest BCUT2D eigenvalue weighted by Crippen LogP contribution is -2.65. The number of ether oxygens (including phenoxy) is 1. The van der Waals surface area contributed by atoms with Crippen LogP contribution in [0.1, 0.15) is 32.1 Å². The second-order valence-corrected chi connectivity index (χ2v) is 6.82. The Hall–Kier alpha value is -0.430. The van der Waals surface area contributed by atoms with Crippen molar-refractivity contribution in [3.05, 3.63) is 0 Å². The second-order valence-electron chi connectivity index (χ2n) is 6.41. The van der Waals surface area contributed by atoms with Gasteiger partial charge in [-0.15, -0.1) is 0 Å². The Labute approximate surface area is 133 Å². The summed E-state index contributed by atoms with van der Waals surface area (Å²) in [6.45, 7) is 6.17. The van der Waals surface area contributed by atoms with Gasteiger partial charge in [0.25, 0.3) is 0 Å². The highest BCUT2D eigenvalue weighted by molar-refractivity contribution is 7.80. The predicted molar refractivity (Wildman–Crippen MR) is 88.3 cm³/mol. The maximum Gasteiger partial charge on any atom is 0.167 e. The highest BCUT2D eigenvalue weighted by atomic mass is 32.1. The van der Waals surface area contributed by atoms with E-state index in [-0.39, 0.29) is 0 Å². The number of thiocarbonyl (C=S) groups is 1. The number of hydrogen-bond acceptors (Lipinski definition) is 4. The van der Waals surface area contributed by atoms with Crippen LogP contribution in [0.25, 0.3) is 0 Å². The lowest BCUT2D eigenvalue weighted by Gasteiger charge is -2.43. The molecule has 2 heterocycles. The van der Waals surface area contributed by atoms with Crippen molar-refractivity contribution in [1.82, 2.24) is 20.9 Å². The summed E-state index contributed by atoms with van der Waals surface area (Å²) in [6.07, 6.45) is 6.79. The third-order valence-electron chi connectivity index (χ3n) is 4.97. The van der Waals surface area contributed by atoms with Gasteiger partial charge in [-0.2, -0.15) is 0 Å². The molecular weight excluding hydrogens is 284 g/mol. The normalized spacial score (nSPS) is 33.9. The molecular formula is C15H28N4OS. The van der Waals surface area contributed by atoms with Crippen LogP contribution in [0, 0.1) is 5.92 Å². The van der Waals surface area contributed by atoms with Crippen molar-refractivity contribution in [2.75, 3.05) is 39.4 Å². The molecule has 3 aliphatic rings. The van der Waals surface area contributed by atoms with E-state index in [0.717, 1.165) is 38.0 Å². The summed E-state index contributed by atoms with van der Waals surface area (Å²) in [5.41, 5.74) is 0. The minimum absolute atomic E-state index is 0.355. The number of nitrogens with zero attached hydrogens (tertiary/aromatic N) is 1. The van der Waals surface area contributed by atoms with E-state index in [2.05, 4.69) is 20.9 Å². The fraction of sp³-hybridized carbons (Fsp3) is 0.933. The summed E-state index contributed by atoms with van der Waals surface area (Å²) in [4.78, 5) is 2.50. The van der Waals surface area contributed by atoms with Crippen LogP contribution in [0.4, 0.5) is 0 Å². The van der Waals surface area contributed by atoms with E-state index >= 15 is 0 Å². The van der Waals surface area contributed by atoms with Crippen LogP contribution in [-0.2, 0) is 4.74 Å². The monoisotopic (exact) mass is 312 g/mol. The Morgan fingerprint density at radius 2 is 2.00 bits per heavy atom. The minimum Gasteiger partial charge on any atom is -0.379 e. The summed E-state index contributed by atoms with van der Waals surface area (Å²) >= 11 is 5.35. The van der Waals surface area contributed by atoms with E-state index < -0.39 is 0 Å². The van der Waals surface area contributed by atoms with Crippen LogP contribution < -0.4 is 16.0 Å². The van der Waals surface area contributed by atoms with Gasteiger partial charge in [0.2, 0.25) is 0 Å². The summed E-state index contributed by atoms with van der Waals surface area (Å²) in [7, 11) is 0. The van der Waals surface area contributed by atoms with Crippen molar-refractivity contribution in [3.8, 4) is 0 Å². The maximum absolute atomic E-state index is 5.38. The first-order valence-electron chi connectivity index (χ1n) is 8.43. The SMILES string of the molecule is S=C1NC2CCCCC2C(NCCCN2CCOCC2)N1. The molecule has 6 heteroatoms. The van der Waals surface area contributed by atoms with E-state index in [1.54, 1.807) is 0 Å². The van der Waals surface area contributed by atoms with Gasteiger partial charge in [-0.05, 0) is 44.6 Å². The molecule has 21 heavy (non-hydrogen) atoms. The molecule has 3 atom stereocenters. The van der Waals surface area contributed by atoms with Gasteiger partial charge in [-0.1, -0.05) is 12.8 Å². The van der Waals surface area contributed by atoms with Gasteiger partial charge in [0.15, 0.2) is 5.11 Å². The molecule has 0 aromatic rings. The van der Waals surface area contributed by atoms with Crippen molar-refractivity contribution in [1.29, 1.82) is 0 Å². The van der Waals surface area contributed by atoms with Gasteiger partial charge in [0.1, 0.15) is 0 Å². The zero-order valence-corrected chi connectivity index (χ0v) is 13.6. The van der Waals surface area contributed by atoms with Gasteiger partial charge >= 0.3 is 0 Å². The van der Waals surface area contributed by atoms with Gasteiger partial charge < -0.3 is 15.4 Å². The molecule has 0 aromatic carbocycles. The van der Waals surface area contributed by atoms with Crippen LogP contribution >= 0.6 is 12.2 Å². The molecule has 2 aliphatic heterocycles. The van der Waals surface area contributed by atoms with Crippen molar-refractivity contribution >= 4 is 17.3 Å². The number of rotatable bonds is 5. The quantitative estimate of drug-likeness (QED) is 0.512.